The highest BCUT2D eigenvalue weighted by Gasteiger charge is 2.25. The van der Waals surface area contributed by atoms with E-state index in [1.807, 2.05) is 0 Å². The van der Waals surface area contributed by atoms with E-state index in [4.69, 9.17) is 10.00 Å². The molecule has 0 saturated carbocycles. The number of ether oxygens (including phenoxy) is 1. The Morgan fingerprint density at radius 2 is 2.05 bits per heavy atom. The van der Waals surface area contributed by atoms with Gasteiger partial charge in [-0.05, 0) is 6.07 Å². The molecule has 0 aliphatic carbocycles. The summed E-state index contributed by atoms with van der Waals surface area (Å²) >= 11 is 0. The maximum Gasteiger partial charge on any atom is 0.169 e. The zero-order valence-electron chi connectivity index (χ0n) is 11.8. The molecular formula is C14H20Cl2FN3O. The molecule has 1 aliphatic rings. The maximum atomic E-state index is 14.3. The third-order valence-electron chi connectivity index (χ3n) is 3.45. The van der Waals surface area contributed by atoms with E-state index >= 15 is 0 Å². The number of methoxy groups -OCH3 is 1. The van der Waals surface area contributed by atoms with Crippen LogP contribution in [0.1, 0.15) is 18.0 Å². The predicted octanol–water partition coefficient (Wildman–Crippen LogP) is 2.54. The lowest BCUT2D eigenvalue weighted by Crippen LogP contribution is -2.45. The van der Waals surface area contributed by atoms with E-state index in [0.717, 1.165) is 26.2 Å². The Bertz CT molecular complexity index is 476. The molecule has 1 aromatic carbocycles. The van der Waals surface area contributed by atoms with Gasteiger partial charge in [-0.15, -0.1) is 24.8 Å². The highest BCUT2D eigenvalue weighted by atomic mass is 35.5. The monoisotopic (exact) mass is 335 g/mol. The molecule has 21 heavy (non-hydrogen) atoms. The Labute approximate surface area is 137 Å². The minimum atomic E-state index is -0.358. The molecule has 2 rings (SSSR count). The number of piperazine rings is 1. The standard InChI is InChI=1S/C14H18FN3O.2ClH/c1-19-13-4-2-3-11(14(13)15)12(5-6-16)18-9-7-17-8-10-18;;/h2-4,12,17H,5,7-10H2,1H3;2*1H/t12-;;/m1../s1. The van der Waals surface area contributed by atoms with E-state index in [2.05, 4.69) is 16.3 Å². The van der Waals surface area contributed by atoms with Crippen LogP contribution in [-0.2, 0) is 0 Å². The number of halogens is 3. The number of nitriles is 1. The molecule has 118 valence electrons. The average Bonchev–Trinajstić information content (AvgIpc) is 2.46. The topological polar surface area (TPSA) is 48.3 Å². The van der Waals surface area contributed by atoms with Crippen molar-refractivity contribution in [2.75, 3.05) is 33.3 Å². The second-order valence-electron chi connectivity index (χ2n) is 4.53. The highest BCUT2D eigenvalue weighted by molar-refractivity contribution is 5.85. The van der Waals surface area contributed by atoms with Crippen molar-refractivity contribution in [3.8, 4) is 11.8 Å². The molecule has 0 bridgehead atoms. The smallest absolute Gasteiger partial charge is 0.169 e. The normalized spacial score (nSPS) is 16.0. The SMILES string of the molecule is COc1cccc([C@@H](CC#N)N2CCNCC2)c1F.Cl.Cl. The van der Waals surface area contributed by atoms with E-state index < -0.39 is 0 Å². The predicted molar refractivity (Wildman–Crippen MR) is 84.9 cm³/mol. The highest BCUT2D eigenvalue weighted by Crippen LogP contribution is 2.30. The van der Waals surface area contributed by atoms with Gasteiger partial charge >= 0.3 is 0 Å². The van der Waals surface area contributed by atoms with E-state index in [1.165, 1.54) is 7.11 Å². The van der Waals surface area contributed by atoms with Crippen LogP contribution >= 0.6 is 24.8 Å². The van der Waals surface area contributed by atoms with Gasteiger partial charge in [0.1, 0.15) is 0 Å². The Morgan fingerprint density at radius 1 is 1.38 bits per heavy atom. The van der Waals surface area contributed by atoms with Gasteiger partial charge < -0.3 is 10.1 Å². The molecule has 7 heteroatoms. The summed E-state index contributed by atoms with van der Waals surface area (Å²) in [6.45, 7) is 3.38. The van der Waals surface area contributed by atoms with Gasteiger partial charge in [-0.3, -0.25) is 4.90 Å². The van der Waals surface area contributed by atoms with Crippen LogP contribution in [0.25, 0.3) is 0 Å². The number of nitrogens with one attached hydrogen (secondary N) is 1. The maximum absolute atomic E-state index is 14.3. The lowest BCUT2D eigenvalue weighted by Gasteiger charge is -2.34. The molecule has 0 unspecified atom stereocenters. The van der Waals surface area contributed by atoms with Crippen LogP contribution in [0, 0.1) is 17.1 Å². The van der Waals surface area contributed by atoms with Crippen LogP contribution in [0.3, 0.4) is 0 Å². The summed E-state index contributed by atoms with van der Waals surface area (Å²) in [4.78, 5) is 2.15. The van der Waals surface area contributed by atoms with Gasteiger partial charge in [-0.1, -0.05) is 12.1 Å². The number of benzene rings is 1. The van der Waals surface area contributed by atoms with Crippen molar-refractivity contribution in [1.29, 1.82) is 5.26 Å². The Hall–Kier alpha value is -1.06. The van der Waals surface area contributed by atoms with E-state index in [-0.39, 0.29) is 48.8 Å². The van der Waals surface area contributed by atoms with Gasteiger partial charge in [-0.25, -0.2) is 4.39 Å². The lowest BCUT2D eigenvalue weighted by molar-refractivity contribution is 0.172. The fourth-order valence-corrected chi connectivity index (χ4v) is 2.46. The summed E-state index contributed by atoms with van der Waals surface area (Å²) in [6, 6.07) is 7.06. The zero-order chi connectivity index (χ0) is 13.7. The van der Waals surface area contributed by atoms with Gasteiger partial charge in [0.05, 0.1) is 25.6 Å². The first-order valence-electron chi connectivity index (χ1n) is 6.42. The van der Waals surface area contributed by atoms with Crippen LogP contribution < -0.4 is 10.1 Å². The zero-order valence-corrected chi connectivity index (χ0v) is 13.5. The molecule has 1 aromatic rings. The minimum Gasteiger partial charge on any atom is -0.494 e. The van der Waals surface area contributed by atoms with Crippen LogP contribution in [0.2, 0.25) is 0 Å². The second kappa shape index (κ2) is 9.80. The molecule has 1 N–H and O–H groups in total. The Morgan fingerprint density at radius 3 is 2.62 bits per heavy atom. The van der Waals surface area contributed by atoms with Crippen molar-refractivity contribution in [1.82, 2.24) is 10.2 Å². The molecular weight excluding hydrogens is 316 g/mol. The molecule has 1 saturated heterocycles. The number of rotatable bonds is 4. The van der Waals surface area contributed by atoms with Crippen molar-refractivity contribution in [3.05, 3.63) is 29.6 Å². The van der Waals surface area contributed by atoms with Crippen molar-refractivity contribution < 1.29 is 9.13 Å². The molecule has 1 heterocycles. The van der Waals surface area contributed by atoms with Gasteiger partial charge in [0.2, 0.25) is 0 Å². The Balaban J connectivity index is 0.00000200. The van der Waals surface area contributed by atoms with Gasteiger partial charge in [-0.2, -0.15) is 5.26 Å². The summed E-state index contributed by atoms with van der Waals surface area (Å²) in [5.41, 5.74) is 0.544. The molecule has 1 aliphatic heterocycles. The van der Waals surface area contributed by atoms with E-state index in [0.29, 0.717) is 5.56 Å². The second-order valence-corrected chi connectivity index (χ2v) is 4.53. The fourth-order valence-electron chi connectivity index (χ4n) is 2.46. The van der Waals surface area contributed by atoms with Crippen molar-refractivity contribution in [2.24, 2.45) is 0 Å². The number of hydrogen-bond acceptors (Lipinski definition) is 4. The molecule has 0 radical (unpaired) electrons. The quantitative estimate of drug-likeness (QED) is 0.918. The lowest BCUT2D eigenvalue weighted by atomic mass is 10.0. The van der Waals surface area contributed by atoms with Crippen LogP contribution in [0.5, 0.6) is 5.75 Å². The van der Waals surface area contributed by atoms with E-state index in [9.17, 15) is 4.39 Å². The molecule has 1 atom stereocenters. The summed E-state index contributed by atoms with van der Waals surface area (Å²) in [7, 11) is 1.45. The molecule has 4 nitrogen and oxygen atoms in total. The number of nitrogens with zero attached hydrogens (tertiary/aromatic N) is 2. The van der Waals surface area contributed by atoms with Gasteiger partial charge in [0.15, 0.2) is 11.6 Å². The van der Waals surface area contributed by atoms with Gasteiger partial charge in [0, 0.05) is 31.7 Å². The summed E-state index contributed by atoms with van der Waals surface area (Å²) in [5.74, 6) is -0.126. The van der Waals surface area contributed by atoms with Crippen molar-refractivity contribution in [3.63, 3.8) is 0 Å². The third-order valence-corrected chi connectivity index (χ3v) is 3.45. The first-order chi connectivity index (χ1) is 9.27. The molecule has 0 spiro atoms. The molecule has 0 aromatic heterocycles. The van der Waals surface area contributed by atoms with E-state index in [1.54, 1.807) is 18.2 Å². The summed E-state index contributed by atoms with van der Waals surface area (Å²) in [6.07, 6.45) is 0.282. The summed E-state index contributed by atoms with van der Waals surface area (Å²) in [5, 5.41) is 12.3. The Kier molecular flexibility index (Phi) is 9.31. The third kappa shape index (κ3) is 4.72. The minimum absolute atomic E-state index is 0. The summed E-state index contributed by atoms with van der Waals surface area (Å²) < 4.78 is 19.3. The average molecular weight is 336 g/mol. The first kappa shape index (κ1) is 19.9. The first-order valence-corrected chi connectivity index (χ1v) is 6.42. The molecule has 0 amide bonds. The van der Waals surface area contributed by atoms with Gasteiger partial charge in [0.25, 0.3) is 0 Å². The largest absolute Gasteiger partial charge is 0.494 e. The van der Waals surface area contributed by atoms with Crippen LogP contribution in [0.4, 0.5) is 4.39 Å². The van der Waals surface area contributed by atoms with Crippen LogP contribution in [0.15, 0.2) is 18.2 Å². The molecule has 1 fully saturated rings. The number of hydrogen-bond donors (Lipinski definition) is 1. The fraction of sp³-hybridized carbons (Fsp3) is 0.500. The van der Waals surface area contributed by atoms with Crippen molar-refractivity contribution in [2.45, 2.75) is 12.5 Å². The van der Waals surface area contributed by atoms with Crippen LogP contribution in [-0.4, -0.2) is 38.2 Å². The van der Waals surface area contributed by atoms with Crippen molar-refractivity contribution >= 4 is 24.8 Å².